The monoisotopic (exact) mass is 441 g/mol. The molecular weight excluding hydrogens is 425 g/mol. The van der Waals surface area contributed by atoms with Gasteiger partial charge in [0.15, 0.2) is 5.15 Å². The Morgan fingerprint density at radius 1 is 1.03 bits per heavy atom. The second-order valence-electron chi connectivity index (χ2n) is 6.66. The van der Waals surface area contributed by atoms with E-state index in [2.05, 4.69) is 25.0 Å². The summed E-state index contributed by atoms with van der Waals surface area (Å²) in [5.74, 6) is 0.339. The summed E-state index contributed by atoms with van der Waals surface area (Å²) >= 11 is 6.10. The predicted molar refractivity (Wildman–Crippen MR) is 120 cm³/mol. The summed E-state index contributed by atoms with van der Waals surface area (Å²) in [5.41, 5.74) is 4.17. The van der Waals surface area contributed by atoms with Crippen LogP contribution in [0.25, 0.3) is 22.0 Å². The summed E-state index contributed by atoms with van der Waals surface area (Å²) in [6, 6.07) is 12.3. The second-order valence-corrected chi connectivity index (χ2v) is 8.13. The molecule has 2 N–H and O–H groups in total. The van der Waals surface area contributed by atoms with E-state index in [9.17, 15) is 8.60 Å². The molecule has 0 saturated carbocycles. The molecule has 0 saturated heterocycles. The minimum Gasteiger partial charge on any atom is -0.340 e. The summed E-state index contributed by atoms with van der Waals surface area (Å²) in [7, 11) is -1.27. The standard InChI is InChI=1S/C21H17ClFN5OS/c1-12-7-15(4-5-17(12)23)27-21-16-8-13(3-6-18(16)25-11-26-21)14-9-19(28-30(2)29)20(22)24-10-14/h3-11,28H,1-2H3,(H,25,26,27). The molecule has 6 nitrogen and oxygen atoms in total. The molecule has 4 aromatic rings. The van der Waals surface area contributed by atoms with Crippen molar-refractivity contribution in [3.05, 3.63) is 71.5 Å². The van der Waals surface area contributed by atoms with Gasteiger partial charge in [0.2, 0.25) is 0 Å². The van der Waals surface area contributed by atoms with E-state index in [0.29, 0.717) is 17.1 Å². The number of anilines is 3. The first-order valence-electron chi connectivity index (χ1n) is 8.94. The highest BCUT2D eigenvalue weighted by Gasteiger charge is 2.10. The van der Waals surface area contributed by atoms with Crippen molar-refractivity contribution in [1.29, 1.82) is 0 Å². The Morgan fingerprint density at radius 3 is 2.63 bits per heavy atom. The lowest BCUT2D eigenvalue weighted by atomic mass is 10.0. The lowest BCUT2D eigenvalue weighted by Crippen LogP contribution is -2.02. The van der Waals surface area contributed by atoms with Crippen LogP contribution in [0.1, 0.15) is 5.56 Å². The maximum absolute atomic E-state index is 13.6. The SMILES string of the molecule is Cc1cc(Nc2ncnc3ccc(-c4cnc(Cl)c(NS(C)=O)c4)cc23)ccc1F. The average Bonchev–Trinajstić information content (AvgIpc) is 2.72. The number of pyridine rings is 1. The molecule has 4 rings (SSSR count). The molecule has 0 aliphatic carbocycles. The van der Waals surface area contributed by atoms with E-state index in [1.165, 1.54) is 18.6 Å². The van der Waals surface area contributed by atoms with Gasteiger partial charge in [0.1, 0.15) is 28.9 Å². The fourth-order valence-electron chi connectivity index (χ4n) is 3.03. The fraction of sp³-hybridized carbons (Fsp3) is 0.0952. The topological polar surface area (TPSA) is 79.8 Å². The van der Waals surface area contributed by atoms with Crippen LogP contribution in [0.2, 0.25) is 5.15 Å². The van der Waals surface area contributed by atoms with Crippen molar-refractivity contribution in [2.45, 2.75) is 6.92 Å². The van der Waals surface area contributed by atoms with E-state index in [-0.39, 0.29) is 11.0 Å². The molecular formula is C21H17ClFN5OS. The first-order valence-corrected chi connectivity index (χ1v) is 10.9. The number of aryl methyl sites for hydroxylation is 1. The van der Waals surface area contributed by atoms with Crippen LogP contribution in [0.15, 0.2) is 55.0 Å². The molecule has 2 aromatic heterocycles. The molecule has 2 heterocycles. The van der Waals surface area contributed by atoms with Crippen LogP contribution in [-0.4, -0.2) is 25.4 Å². The van der Waals surface area contributed by atoms with Gasteiger partial charge in [-0.3, -0.25) is 0 Å². The van der Waals surface area contributed by atoms with Crippen molar-refractivity contribution in [2.24, 2.45) is 0 Å². The summed E-state index contributed by atoms with van der Waals surface area (Å²) in [6.07, 6.45) is 4.64. The molecule has 2 aromatic carbocycles. The van der Waals surface area contributed by atoms with E-state index in [0.717, 1.165) is 27.7 Å². The van der Waals surface area contributed by atoms with Gasteiger partial charge in [-0.25, -0.2) is 23.6 Å². The lowest BCUT2D eigenvalue weighted by Gasteiger charge is -2.11. The predicted octanol–water partition coefficient (Wildman–Crippen LogP) is 5.24. The average molecular weight is 442 g/mol. The number of hydrogen-bond acceptors (Lipinski definition) is 5. The molecule has 1 atom stereocenters. The Balaban J connectivity index is 1.76. The number of hydrogen-bond donors (Lipinski definition) is 2. The van der Waals surface area contributed by atoms with Crippen LogP contribution in [0.4, 0.5) is 21.6 Å². The normalized spacial score (nSPS) is 12.0. The fourth-order valence-corrected chi connectivity index (χ4v) is 3.70. The zero-order valence-corrected chi connectivity index (χ0v) is 17.7. The largest absolute Gasteiger partial charge is 0.340 e. The third-order valence-corrected chi connectivity index (χ3v) is 5.29. The number of benzene rings is 2. The Kier molecular flexibility index (Phi) is 5.61. The van der Waals surface area contributed by atoms with E-state index in [1.807, 2.05) is 18.2 Å². The number of halogens is 2. The van der Waals surface area contributed by atoms with Crippen molar-refractivity contribution >= 4 is 50.7 Å². The van der Waals surface area contributed by atoms with E-state index >= 15 is 0 Å². The van der Waals surface area contributed by atoms with Gasteiger partial charge in [-0.05, 0) is 54.4 Å². The van der Waals surface area contributed by atoms with Gasteiger partial charge in [-0.2, -0.15) is 0 Å². The third-order valence-electron chi connectivity index (χ3n) is 4.48. The number of aromatic nitrogens is 3. The van der Waals surface area contributed by atoms with Crippen LogP contribution in [0, 0.1) is 12.7 Å². The van der Waals surface area contributed by atoms with Crippen LogP contribution >= 0.6 is 11.6 Å². The number of fused-ring (bicyclic) bond motifs is 1. The van der Waals surface area contributed by atoms with Gasteiger partial charge >= 0.3 is 0 Å². The van der Waals surface area contributed by atoms with E-state index in [1.54, 1.807) is 31.3 Å². The molecule has 9 heteroatoms. The van der Waals surface area contributed by atoms with Crippen molar-refractivity contribution in [2.75, 3.05) is 16.3 Å². The maximum atomic E-state index is 13.6. The van der Waals surface area contributed by atoms with Gasteiger partial charge in [0.05, 0.1) is 11.2 Å². The molecule has 0 fully saturated rings. The van der Waals surface area contributed by atoms with E-state index in [4.69, 9.17) is 11.6 Å². The smallest absolute Gasteiger partial charge is 0.153 e. The summed E-state index contributed by atoms with van der Waals surface area (Å²) in [4.78, 5) is 12.9. The summed E-state index contributed by atoms with van der Waals surface area (Å²) in [5, 5.41) is 4.27. The third kappa shape index (κ3) is 4.24. The molecule has 152 valence electrons. The first kappa shape index (κ1) is 20.2. The number of rotatable bonds is 5. The Morgan fingerprint density at radius 2 is 1.87 bits per heavy atom. The lowest BCUT2D eigenvalue weighted by molar-refractivity contribution is 0.619. The molecule has 0 aliphatic rings. The van der Waals surface area contributed by atoms with Crippen LogP contribution < -0.4 is 10.0 Å². The number of nitrogens with zero attached hydrogens (tertiary/aromatic N) is 3. The molecule has 0 aliphatic heterocycles. The van der Waals surface area contributed by atoms with Gasteiger partial charge in [0.25, 0.3) is 0 Å². The molecule has 30 heavy (non-hydrogen) atoms. The zero-order valence-electron chi connectivity index (χ0n) is 16.1. The van der Waals surface area contributed by atoms with Gasteiger partial charge < -0.3 is 10.0 Å². The molecule has 0 radical (unpaired) electrons. The highest BCUT2D eigenvalue weighted by molar-refractivity contribution is 7.85. The van der Waals surface area contributed by atoms with Crippen LogP contribution in [0.3, 0.4) is 0 Å². The van der Waals surface area contributed by atoms with Gasteiger partial charge in [0, 0.05) is 29.1 Å². The number of nitrogens with one attached hydrogen (secondary N) is 2. The minimum atomic E-state index is -1.27. The van der Waals surface area contributed by atoms with E-state index < -0.39 is 11.0 Å². The molecule has 1 unspecified atom stereocenters. The Hall–Kier alpha value is -3.10. The van der Waals surface area contributed by atoms with Crippen molar-refractivity contribution in [3.8, 4) is 11.1 Å². The second kappa shape index (κ2) is 8.33. The highest BCUT2D eigenvalue weighted by atomic mass is 35.5. The quantitative estimate of drug-likeness (QED) is 0.414. The maximum Gasteiger partial charge on any atom is 0.153 e. The Labute approximate surface area is 180 Å². The summed E-state index contributed by atoms with van der Waals surface area (Å²) < 4.78 is 27.9. The molecule has 0 spiro atoms. The highest BCUT2D eigenvalue weighted by Crippen LogP contribution is 2.31. The molecule has 0 bridgehead atoms. The minimum absolute atomic E-state index is 0.243. The first-order chi connectivity index (χ1) is 14.4. The van der Waals surface area contributed by atoms with Crippen LogP contribution in [-0.2, 0) is 11.0 Å². The van der Waals surface area contributed by atoms with Crippen molar-refractivity contribution in [3.63, 3.8) is 0 Å². The van der Waals surface area contributed by atoms with Gasteiger partial charge in [-0.1, -0.05) is 17.7 Å². The summed E-state index contributed by atoms with van der Waals surface area (Å²) in [6.45, 7) is 1.71. The molecule has 0 amide bonds. The Bertz CT molecular complexity index is 1280. The van der Waals surface area contributed by atoms with Gasteiger partial charge in [-0.15, -0.1) is 0 Å². The van der Waals surface area contributed by atoms with Crippen molar-refractivity contribution < 1.29 is 8.60 Å². The van der Waals surface area contributed by atoms with Crippen molar-refractivity contribution in [1.82, 2.24) is 15.0 Å². The zero-order chi connectivity index (χ0) is 21.3. The van der Waals surface area contributed by atoms with Crippen LogP contribution in [0.5, 0.6) is 0 Å².